The molecule has 0 fully saturated rings. The Labute approximate surface area is 114 Å². The van der Waals surface area contributed by atoms with E-state index in [2.05, 4.69) is 60.8 Å². The first kappa shape index (κ1) is 11.3. The summed E-state index contributed by atoms with van der Waals surface area (Å²) in [5.74, 6) is 0.647. The fourth-order valence-electron chi connectivity index (χ4n) is 3.85. The molecule has 2 aliphatic rings. The Kier molecular flexibility index (Phi) is 2.22. The van der Waals surface area contributed by atoms with E-state index in [0.717, 1.165) is 6.54 Å². The third kappa shape index (κ3) is 1.53. The lowest BCUT2D eigenvalue weighted by molar-refractivity contribution is 0.234. The van der Waals surface area contributed by atoms with E-state index < -0.39 is 0 Å². The lowest BCUT2D eigenvalue weighted by atomic mass is 9.86. The van der Waals surface area contributed by atoms with Gasteiger partial charge in [-0.2, -0.15) is 0 Å². The molecule has 0 spiro atoms. The molecule has 0 amide bonds. The average molecular weight is 252 g/mol. The Hall–Kier alpha value is -1.54. The number of nitrogens with zero attached hydrogens (tertiary/aromatic N) is 2. The van der Waals surface area contributed by atoms with Crippen LogP contribution in [0.15, 0.2) is 30.5 Å². The highest BCUT2D eigenvalue weighted by atomic mass is 15.2. The molecule has 1 aromatic carbocycles. The second-order valence-corrected chi connectivity index (χ2v) is 6.27. The second-order valence-electron chi connectivity index (χ2n) is 6.27. The van der Waals surface area contributed by atoms with Crippen molar-refractivity contribution in [1.82, 2.24) is 9.47 Å². The van der Waals surface area contributed by atoms with Crippen molar-refractivity contribution in [3.8, 4) is 0 Å². The fraction of sp³-hybridized carbons (Fsp3) is 0.412. The van der Waals surface area contributed by atoms with Gasteiger partial charge >= 0.3 is 0 Å². The van der Waals surface area contributed by atoms with Crippen molar-refractivity contribution in [2.24, 2.45) is 5.92 Å². The average Bonchev–Trinajstić information content (AvgIpc) is 2.74. The van der Waals surface area contributed by atoms with Crippen LogP contribution in [-0.4, -0.2) is 29.1 Å². The van der Waals surface area contributed by atoms with E-state index in [1.54, 1.807) is 5.57 Å². The molecule has 19 heavy (non-hydrogen) atoms. The minimum atomic E-state index is 0.543. The summed E-state index contributed by atoms with van der Waals surface area (Å²) in [6.07, 6.45) is 4.74. The topological polar surface area (TPSA) is 8.17 Å². The lowest BCUT2D eigenvalue weighted by Gasteiger charge is -2.39. The third-order valence-electron chi connectivity index (χ3n) is 4.62. The second kappa shape index (κ2) is 3.73. The molecule has 0 saturated carbocycles. The zero-order valence-corrected chi connectivity index (χ0v) is 11.9. The van der Waals surface area contributed by atoms with Crippen molar-refractivity contribution in [2.45, 2.75) is 26.4 Å². The molecule has 1 unspecified atom stereocenters. The Bertz CT molecular complexity index is 693. The third-order valence-corrected chi connectivity index (χ3v) is 4.62. The van der Waals surface area contributed by atoms with E-state index in [4.69, 9.17) is 0 Å². The maximum Gasteiger partial charge on any atom is 0.0558 e. The van der Waals surface area contributed by atoms with Gasteiger partial charge in [-0.1, -0.05) is 13.0 Å². The summed E-state index contributed by atoms with van der Waals surface area (Å²) in [6, 6.07) is 7.46. The monoisotopic (exact) mass is 252 g/mol. The smallest absolute Gasteiger partial charge is 0.0558 e. The van der Waals surface area contributed by atoms with Gasteiger partial charge in [0.25, 0.3) is 0 Å². The molecule has 0 saturated heterocycles. The summed E-state index contributed by atoms with van der Waals surface area (Å²) in [6.45, 7) is 6.78. The van der Waals surface area contributed by atoms with Crippen molar-refractivity contribution in [3.63, 3.8) is 0 Å². The number of likely N-dealkylation sites (N-methyl/N-ethyl adjacent to an activating group) is 1. The van der Waals surface area contributed by atoms with E-state index in [1.807, 2.05) is 0 Å². The van der Waals surface area contributed by atoms with Crippen LogP contribution >= 0.6 is 0 Å². The Balaban J connectivity index is 2.04. The van der Waals surface area contributed by atoms with Gasteiger partial charge in [0.1, 0.15) is 0 Å². The molecule has 2 aliphatic heterocycles. The number of aromatic nitrogens is 1. The summed E-state index contributed by atoms with van der Waals surface area (Å²) < 4.78 is 2.43. The van der Waals surface area contributed by atoms with Crippen LogP contribution < -0.4 is 0 Å². The summed E-state index contributed by atoms with van der Waals surface area (Å²) in [5.41, 5.74) is 5.79. The van der Waals surface area contributed by atoms with Crippen LogP contribution in [0.3, 0.4) is 0 Å². The number of fused-ring (bicyclic) bond motifs is 2. The largest absolute Gasteiger partial charge is 0.345 e. The molecule has 2 nitrogen and oxygen atoms in total. The van der Waals surface area contributed by atoms with Gasteiger partial charge in [-0.3, -0.25) is 4.90 Å². The van der Waals surface area contributed by atoms with E-state index in [9.17, 15) is 0 Å². The highest BCUT2D eigenvalue weighted by Gasteiger charge is 2.31. The van der Waals surface area contributed by atoms with Crippen LogP contribution in [-0.2, 0) is 6.54 Å². The SMILES string of the molecule is Cc1cc2c3c(ccn3CC3C2=C[C@@H](C)CN3C)c1. The van der Waals surface area contributed by atoms with Crippen molar-refractivity contribution in [2.75, 3.05) is 13.6 Å². The molecule has 0 N–H and O–H groups in total. The number of rotatable bonds is 0. The van der Waals surface area contributed by atoms with E-state index in [0.29, 0.717) is 12.0 Å². The van der Waals surface area contributed by atoms with E-state index >= 15 is 0 Å². The van der Waals surface area contributed by atoms with E-state index in [-0.39, 0.29) is 0 Å². The predicted molar refractivity (Wildman–Crippen MR) is 80.2 cm³/mol. The normalized spacial score (nSPS) is 26.4. The highest BCUT2D eigenvalue weighted by molar-refractivity contribution is 5.95. The molecule has 0 aliphatic carbocycles. The summed E-state index contributed by atoms with van der Waals surface area (Å²) in [5, 5.41) is 1.38. The molecule has 2 heteroatoms. The molecule has 3 heterocycles. The Morgan fingerprint density at radius 1 is 1.21 bits per heavy atom. The van der Waals surface area contributed by atoms with Gasteiger partial charge < -0.3 is 4.57 Å². The van der Waals surface area contributed by atoms with Gasteiger partial charge in [-0.15, -0.1) is 0 Å². The minimum Gasteiger partial charge on any atom is -0.345 e. The molecule has 98 valence electrons. The molecule has 0 bridgehead atoms. The minimum absolute atomic E-state index is 0.543. The van der Waals surface area contributed by atoms with Crippen LogP contribution in [0.4, 0.5) is 0 Å². The van der Waals surface area contributed by atoms with Crippen LogP contribution in [0.1, 0.15) is 18.1 Å². The van der Waals surface area contributed by atoms with Crippen LogP contribution in [0, 0.1) is 12.8 Å². The van der Waals surface area contributed by atoms with E-state index in [1.165, 1.54) is 28.6 Å². The van der Waals surface area contributed by atoms with Gasteiger partial charge in [-0.05, 0) is 49.2 Å². The van der Waals surface area contributed by atoms with Crippen molar-refractivity contribution >= 4 is 16.5 Å². The lowest BCUT2D eigenvalue weighted by Crippen LogP contribution is -2.43. The van der Waals surface area contributed by atoms with Gasteiger partial charge in [-0.25, -0.2) is 0 Å². The summed E-state index contributed by atoms with van der Waals surface area (Å²) in [7, 11) is 2.26. The Morgan fingerprint density at radius 2 is 2.05 bits per heavy atom. The molecular formula is C17H20N2. The van der Waals surface area contributed by atoms with Crippen LogP contribution in [0.25, 0.3) is 16.5 Å². The summed E-state index contributed by atoms with van der Waals surface area (Å²) in [4.78, 5) is 2.51. The molecular weight excluding hydrogens is 232 g/mol. The van der Waals surface area contributed by atoms with Crippen LogP contribution in [0.5, 0.6) is 0 Å². The van der Waals surface area contributed by atoms with Crippen LogP contribution in [0.2, 0.25) is 0 Å². The molecule has 2 atom stereocenters. The predicted octanol–water partition coefficient (Wildman–Crippen LogP) is 3.30. The summed E-state index contributed by atoms with van der Waals surface area (Å²) >= 11 is 0. The van der Waals surface area contributed by atoms with Crippen molar-refractivity contribution in [3.05, 3.63) is 41.6 Å². The fourth-order valence-corrected chi connectivity index (χ4v) is 3.85. The maximum atomic E-state index is 2.51. The van der Waals surface area contributed by atoms with Gasteiger partial charge in [0, 0.05) is 30.2 Å². The number of hydrogen-bond donors (Lipinski definition) is 0. The quantitative estimate of drug-likeness (QED) is 0.698. The molecule has 4 rings (SSSR count). The first-order valence-corrected chi connectivity index (χ1v) is 7.15. The Morgan fingerprint density at radius 3 is 2.89 bits per heavy atom. The van der Waals surface area contributed by atoms with Crippen molar-refractivity contribution in [1.29, 1.82) is 0 Å². The van der Waals surface area contributed by atoms with Gasteiger partial charge in [0.2, 0.25) is 0 Å². The van der Waals surface area contributed by atoms with Gasteiger partial charge in [0.15, 0.2) is 0 Å². The maximum absolute atomic E-state index is 2.51. The molecule has 1 aromatic heterocycles. The first-order valence-electron chi connectivity index (χ1n) is 7.15. The molecule has 2 aromatic rings. The number of aryl methyl sites for hydroxylation is 1. The van der Waals surface area contributed by atoms with Crippen molar-refractivity contribution < 1.29 is 0 Å². The molecule has 0 radical (unpaired) electrons. The van der Waals surface area contributed by atoms with Gasteiger partial charge in [0.05, 0.1) is 11.6 Å². The first-order chi connectivity index (χ1) is 9.13. The number of hydrogen-bond acceptors (Lipinski definition) is 1. The standard InChI is InChI=1S/C17H20N2/c1-11-6-13-4-5-19-10-16-14(15(7-11)17(13)19)8-12(2)9-18(16)3/h4-8,12,16H,9-10H2,1-3H3/t12-,16?/m1/s1. The highest BCUT2D eigenvalue weighted by Crippen LogP contribution is 2.38. The number of benzene rings is 1. The zero-order valence-electron chi connectivity index (χ0n) is 11.9. The zero-order chi connectivity index (χ0) is 13.1.